The summed E-state index contributed by atoms with van der Waals surface area (Å²) in [5, 5.41) is 8.73. The van der Waals surface area contributed by atoms with Gasteiger partial charge in [0.15, 0.2) is 0 Å². The van der Waals surface area contributed by atoms with Gasteiger partial charge in [-0.25, -0.2) is 9.13 Å². The Morgan fingerprint density at radius 1 is 1.09 bits per heavy atom. The number of thioether (sulfide) groups is 1. The molecule has 0 bridgehead atoms. The van der Waals surface area contributed by atoms with Crippen LogP contribution in [0.15, 0.2) is 40.7 Å². The molecule has 1 aliphatic heterocycles. The molecule has 0 unspecified atom stereocenters. The lowest BCUT2D eigenvalue weighted by Gasteiger charge is -2.28. The number of benzene rings is 1. The summed E-state index contributed by atoms with van der Waals surface area (Å²) in [6.07, 6.45) is 2.05. The topological polar surface area (TPSA) is 36.8 Å². The molecule has 0 aliphatic carbocycles. The molecule has 0 saturated carbocycles. The average molecular weight is 316 g/mol. The first-order valence-electron chi connectivity index (χ1n) is 7.51. The number of hydrogen-bond donors (Lipinski definition) is 0. The van der Waals surface area contributed by atoms with Gasteiger partial charge >= 0.3 is 5.95 Å². The van der Waals surface area contributed by atoms with E-state index >= 15 is 0 Å². The molecule has 0 N–H and O–H groups in total. The van der Waals surface area contributed by atoms with Crippen molar-refractivity contribution in [1.82, 2.24) is 4.57 Å². The smallest absolute Gasteiger partial charge is 0.370 e. The van der Waals surface area contributed by atoms with E-state index in [1.54, 1.807) is 0 Å². The Bertz CT molecular complexity index is 669. The SMILES string of the molecule is Cc1c[n+](C)c(N=Nc2ccc(N3CCSCC3)cc2)n1C. The highest BCUT2D eigenvalue weighted by Gasteiger charge is 2.15. The predicted molar refractivity (Wildman–Crippen MR) is 91.5 cm³/mol. The largest absolute Gasteiger partial charge is 0.421 e. The van der Waals surface area contributed by atoms with Crippen LogP contribution in [0.4, 0.5) is 17.3 Å². The Hall–Kier alpha value is -1.82. The minimum Gasteiger partial charge on any atom is -0.370 e. The fraction of sp³-hybridized carbons (Fsp3) is 0.438. The summed E-state index contributed by atoms with van der Waals surface area (Å²) in [5.41, 5.74) is 3.32. The molecular weight excluding hydrogens is 294 g/mol. The Morgan fingerprint density at radius 3 is 2.36 bits per heavy atom. The van der Waals surface area contributed by atoms with Crippen molar-refractivity contribution in [3.63, 3.8) is 0 Å². The van der Waals surface area contributed by atoms with Crippen LogP contribution in [0, 0.1) is 6.92 Å². The molecule has 3 rings (SSSR count). The second-order valence-corrected chi connectivity index (χ2v) is 6.78. The maximum Gasteiger partial charge on any atom is 0.421 e. The third-order valence-corrected chi connectivity index (χ3v) is 4.95. The highest BCUT2D eigenvalue weighted by molar-refractivity contribution is 7.99. The number of imidazole rings is 1. The number of aryl methyl sites for hydroxylation is 2. The van der Waals surface area contributed by atoms with Gasteiger partial charge < -0.3 is 4.90 Å². The summed E-state index contributed by atoms with van der Waals surface area (Å²) >= 11 is 2.03. The molecule has 5 nitrogen and oxygen atoms in total. The normalized spacial score (nSPS) is 15.7. The van der Waals surface area contributed by atoms with Crippen LogP contribution in [0.2, 0.25) is 0 Å². The van der Waals surface area contributed by atoms with Crippen LogP contribution in [0.5, 0.6) is 0 Å². The molecule has 0 radical (unpaired) electrons. The molecule has 6 heteroatoms. The summed E-state index contributed by atoms with van der Waals surface area (Å²) in [7, 11) is 3.99. The number of azo groups is 1. The van der Waals surface area contributed by atoms with Crippen molar-refractivity contribution < 1.29 is 4.57 Å². The van der Waals surface area contributed by atoms with E-state index in [2.05, 4.69) is 34.2 Å². The van der Waals surface area contributed by atoms with Crippen LogP contribution < -0.4 is 9.47 Å². The molecular formula is C16H22N5S+. The van der Waals surface area contributed by atoms with E-state index in [9.17, 15) is 0 Å². The summed E-state index contributed by atoms with van der Waals surface area (Å²) in [4.78, 5) is 2.43. The minimum absolute atomic E-state index is 0.842. The van der Waals surface area contributed by atoms with E-state index in [0.717, 1.165) is 30.4 Å². The van der Waals surface area contributed by atoms with Crippen LogP contribution in [0.3, 0.4) is 0 Å². The van der Waals surface area contributed by atoms with Gasteiger partial charge in [0.05, 0.1) is 20.3 Å². The maximum atomic E-state index is 4.37. The van der Waals surface area contributed by atoms with Crippen LogP contribution >= 0.6 is 11.8 Å². The van der Waals surface area contributed by atoms with Crippen molar-refractivity contribution in [2.75, 3.05) is 29.5 Å². The Balaban J connectivity index is 1.74. The van der Waals surface area contributed by atoms with Crippen molar-refractivity contribution in [1.29, 1.82) is 0 Å². The third kappa shape index (κ3) is 3.16. The quantitative estimate of drug-likeness (QED) is 0.644. The number of hydrogen-bond acceptors (Lipinski definition) is 4. The number of rotatable bonds is 3. The van der Waals surface area contributed by atoms with Gasteiger partial charge in [0.25, 0.3) is 0 Å². The van der Waals surface area contributed by atoms with Gasteiger partial charge in [0.2, 0.25) is 0 Å². The summed E-state index contributed by atoms with van der Waals surface area (Å²) in [6, 6.07) is 8.36. The van der Waals surface area contributed by atoms with Crippen molar-refractivity contribution >= 4 is 29.1 Å². The van der Waals surface area contributed by atoms with Crippen molar-refractivity contribution in [3.8, 4) is 0 Å². The molecule has 1 fully saturated rings. The van der Waals surface area contributed by atoms with E-state index in [0.29, 0.717) is 0 Å². The number of nitrogens with zero attached hydrogens (tertiary/aromatic N) is 5. The highest BCUT2D eigenvalue weighted by atomic mass is 32.2. The fourth-order valence-corrected chi connectivity index (χ4v) is 3.51. The zero-order valence-electron chi connectivity index (χ0n) is 13.4. The predicted octanol–water partition coefficient (Wildman–Crippen LogP) is 3.13. The van der Waals surface area contributed by atoms with Crippen LogP contribution in [-0.4, -0.2) is 29.2 Å². The molecule has 1 aliphatic rings. The molecule has 1 aromatic heterocycles. The monoisotopic (exact) mass is 316 g/mol. The first kappa shape index (κ1) is 15.1. The first-order valence-corrected chi connectivity index (χ1v) is 8.67. The molecule has 1 aromatic carbocycles. The van der Waals surface area contributed by atoms with E-state index in [1.165, 1.54) is 17.2 Å². The second kappa shape index (κ2) is 6.52. The molecule has 2 aromatic rings. The Kier molecular flexibility index (Phi) is 4.47. The maximum absolute atomic E-state index is 4.37. The van der Waals surface area contributed by atoms with E-state index in [1.807, 2.05) is 53.3 Å². The lowest BCUT2D eigenvalue weighted by molar-refractivity contribution is -0.657. The molecule has 116 valence electrons. The van der Waals surface area contributed by atoms with Crippen LogP contribution in [0.1, 0.15) is 5.69 Å². The molecule has 0 spiro atoms. The summed E-state index contributed by atoms with van der Waals surface area (Å²) in [6.45, 7) is 4.32. The Labute approximate surface area is 135 Å². The molecule has 22 heavy (non-hydrogen) atoms. The van der Waals surface area contributed by atoms with Gasteiger partial charge in [-0.15, -0.1) is 0 Å². The van der Waals surface area contributed by atoms with Crippen molar-refractivity contribution in [2.24, 2.45) is 24.3 Å². The molecule has 1 saturated heterocycles. The summed E-state index contributed by atoms with van der Waals surface area (Å²) < 4.78 is 4.02. The zero-order chi connectivity index (χ0) is 15.5. The van der Waals surface area contributed by atoms with E-state index in [-0.39, 0.29) is 0 Å². The first-order chi connectivity index (χ1) is 10.6. The molecule has 0 amide bonds. The van der Waals surface area contributed by atoms with E-state index < -0.39 is 0 Å². The van der Waals surface area contributed by atoms with Crippen molar-refractivity contribution in [2.45, 2.75) is 6.92 Å². The third-order valence-electron chi connectivity index (χ3n) is 4.01. The molecule has 2 heterocycles. The fourth-order valence-electron chi connectivity index (χ4n) is 2.61. The van der Waals surface area contributed by atoms with Gasteiger partial charge in [0, 0.05) is 35.4 Å². The second-order valence-electron chi connectivity index (χ2n) is 5.56. The Morgan fingerprint density at radius 2 is 1.77 bits per heavy atom. The molecule has 0 atom stereocenters. The highest BCUT2D eigenvalue weighted by Crippen LogP contribution is 2.23. The van der Waals surface area contributed by atoms with Gasteiger partial charge in [-0.1, -0.05) is 5.11 Å². The number of anilines is 1. The lowest BCUT2D eigenvalue weighted by Crippen LogP contribution is -2.32. The standard InChI is InChI=1S/C16H22N5S/c1-13-12-19(2)16(20(13)3)18-17-14-4-6-15(7-5-14)21-8-10-22-11-9-21/h4-7,12H,8-11H2,1-3H3/q+1. The average Bonchev–Trinajstić information content (AvgIpc) is 2.79. The van der Waals surface area contributed by atoms with Crippen LogP contribution in [-0.2, 0) is 14.1 Å². The lowest BCUT2D eigenvalue weighted by atomic mass is 10.2. The van der Waals surface area contributed by atoms with Gasteiger partial charge in [0.1, 0.15) is 11.4 Å². The summed E-state index contributed by atoms with van der Waals surface area (Å²) in [5.74, 6) is 3.27. The zero-order valence-corrected chi connectivity index (χ0v) is 14.2. The van der Waals surface area contributed by atoms with Crippen molar-refractivity contribution in [3.05, 3.63) is 36.2 Å². The minimum atomic E-state index is 0.842. The van der Waals surface area contributed by atoms with E-state index in [4.69, 9.17) is 0 Å². The van der Waals surface area contributed by atoms with Crippen LogP contribution in [0.25, 0.3) is 0 Å². The van der Waals surface area contributed by atoms with Gasteiger partial charge in [-0.2, -0.15) is 11.8 Å². The van der Waals surface area contributed by atoms with Gasteiger partial charge in [-0.3, -0.25) is 0 Å². The number of aromatic nitrogens is 2. The van der Waals surface area contributed by atoms with Gasteiger partial charge in [-0.05, 0) is 31.2 Å².